The third kappa shape index (κ3) is 7.46. The second-order valence-electron chi connectivity index (χ2n) is 12.5. The maximum absolute atomic E-state index is 12.4. The number of hydrogen-bond donors (Lipinski definition) is 1. The Balaban J connectivity index is 1.34. The molecule has 0 aliphatic carbocycles. The monoisotopic (exact) mass is 628 g/mol. The lowest BCUT2D eigenvalue weighted by atomic mass is 9.97. The van der Waals surface area contributed by atoms with Crippen molar-refractivity contribution in [2.75, 3.05) is 46.4 Å². The highest BCUT2D eigenvalue weighted by Gasteiger charge is 2.21. The number of likely N-dealkylation sites (tertiary alicyclic amines) is 2. The molecule has 7 nitrogen and oxygen atoms in total. The van der Waals surface area contributed by atoms with Crippen molar-refractivity contribution in [3.8, 4) is 27.7 Å². The number of methoxy groups -OCH3 is 1. The van der Waals surface area contributed by atoms with E-state index in [1.54, 1.807) is 24.5 Å². The van der Waals surface area contributed by atoms with Gasteiger partial charge in [0.05, 0.1) is 13.2 Å². The van der Waals surface area contributed by atoms with Crippen molar-refractivity contribution >= 4 is 27.4 Å². The maximum Gasteiger partial charge on any atom is 0.339 e. The van der Waals surface area contributed by atoms with Crippen LogP contribution in [0.3, 0.4) is 0 Å². The average Bonchev–Trinajstić information content (AvgIpc) is 3.80. The van der Waals surface area contributed by atoms with E-state index in [4.69, 9.17) is 14.2 Å². The molecule has 0 radical (unpaired) electrons. The summed E-state index contributed by atoms with van der Waals surface area (Å²) >= 11 is 1.67. The predicted octanol–water partition coefficient (Wildman–Crippen LogP) is 7.72. The minimum Gasteiger partial charge on any atom is -0.496 e. The Kier molecular flexibility index (Phi) is 9.93. The van der Waals surface area contributed by atoms with E-state index in [0.29, 0.717) is 18.8 Å². The summed E-state index contributed by atoms with van der Waals surface area (Å²) in [6.07, 6.45) is 5.71. The van der Waals surface area contributed by atoms with Gasteiger partial charge in [0.2, 0.25) is 0 Å². The molecule has 0 atom stereocenters. The van der Waals surface area contributed by atoms with Crippen molar-refractivity contribution < 1.29 is 24.1 Å². The fourth-order valence-corrected chi connectivity index (χ4v) is 7.80. The summed E-state index contributed by atoms with van der Waals surface area (Å²) in [5, 5.41) is 11.3. The number of nitrogens with zero attached hydrogens (tertiary/aromatic N) is 2. The number of fused-ring (bicyclic) bond motifs is 1. The van der Waals surface area contributed by atoms with Crippen LogP contribution in [-0.4, -0.2) is 73.4 Å². The van der Waals surface area contributed by atoms with Crippen LogP contribution in [0.25, 0.3) is 20.5 Å². The summed E-state index contributed by atoms with van der Waals surface area (Å²) in [5.74, 6) is 1.18. The van der Waals surface area contributed by atoms with Gasteiger partial charge in [-0.25, -0.2) is 4.79 Å². The number of benzene rings is 3. The van der Waals surface area contributed by atoms with Gasteiger partial charge in [-0.3, -0.25) is 9.80 Å². The number of hydrogen-bond acceptors (Lipinski definition) is 7. The fraction of sp³-hybridized carbons (Fsp3) is 0.432. The average molecular weight is 629 g/mol. The van der Waals surface area contributed by atoms with Gasteiger partial charge in [0.1, 0.15) is 29.4 Å². The Morgan fingerprint density at radius 2 is 1.67 bits per heavy atom. The standard InChI is InChI=1S/C37H44N2O5S/c1-25(2)44-29-11-12-30-31(20-26-8-9-28(34(21-26)42-3)24-39-16-6-7-17-39)36(45-35(30)23-29)27-10-13-33(32(22-27)37(40)41)43-19-18-38-14-4-5-15-38/h8-13,21-23,25H,4-7,14-20,24H2,1-3H3,(H,40,41). The first-order valence-corrected chi connectivity index (χ1v) is 17.0. The topological polar surface area (TPSA) is 71.5 Å². The molecule has 3 heterocycles. The van der Waals surface area contributed by atoms with Crippen LogP contribution in [0.4, 0.5) is 0 Å². The van der Waals surface area contributed by atoms with Gasteiger partial charge in [-0.2, -0.15) is 0 Å². The van der Waals surface area contributed by atoms with Crippen LogP contribution in [0.5, 0.6) is 17.2 Å². The van der Waals surface area contributed by atoms with Crippen molar-refractivity contribution in [3.05, 3.63) is 76.9 Å². The summed E-state index contributed by atoms with van der Waals surface area (Å²) in [6.45, 7) is 10.7. The van der Waals surface area contributed by atoms with Crippen molar-refractivity contribution in [1.29, 1.82) is 0 Å². The zero-order valence-electron chi connectivity index (χ0n) is 26.6. The van der Waals surface area contributed by atoms with E-state index >= 15 is 0 Å². The van der Waals surface area contributed by atoms with Crippen LogP contribution in [0.15, 0.2) is 54.6 Å². The van der Waals surface area contributed by atoms with E-state index in [1.165, 1.54) is 36.8 Å². The van der Waals surface area contributed by atoms with Crippen LogP contribution < -0.4 is 14.2 Å². The molecule has 238 valence electrons. The Morgan fingerprint density at radius 3 is 2.38 bits per heavy atom. The van der Waals surface area contributed by atoms with Crippen molar-refractivity contribution in [2.24, 2.45) is 0 Å². The van der Waals surface area contributed by atoms with Gasteiger partial charge < -0.3 is 19.3 Å². The first kappa shape index (κ1) is 31.4. The van der Waals surface area contributed by atoms with E-state index in [0.717, 1.165) is 76.9 Å². The van der Waals surface area contributed by atoms with E-state index in [2.05, 4.69) is 40.1 Å². The van der Waals surface area contributed by atoms with Crippen molar-refractivity contribution in [3.63, 3.8) is 0 Å². The zero-order chi connectivity index (χ0) is 31.3. The molecule has 8 heteroatoms. The Bertz CT molecular complexity index is 1640. The molecule has 0 bridgehead atoms. The smallest absolute Gasteiger partial charge is 0.339 e. The Morgan fingerprint density at radius 1 is 0.911 bits per heavy atom. The molecule has 0 spiro atoms. The maximum atomic E-state index is 12.4. The number of carboxylic acid groups (broad SMARTS) is 1. The highest BCUT2D eigenvalue weighted by atomic mass is 32.1. The van der Waals surface area contributed by atoms with Crippen LogP contribution in [0.1, 0.15) is 66.6 Å². The number of aromatic carboxylic acids is 1. The van der Waals surface area contributed by atoms with Gasteiger partial charge >= 0.3 is 5.97 Å². The number of ether oxygens (including phenoxy) is 3. The Labute approximate surface area is 270 Å². The number of carboxylic acids is 1. The van der Waals surface area contributed by atoms with Crippen LogP contribution in [0, 0.1) is 0 Å². The molecule has 3 aromatic carbocycles. The molecular weight excluding hydrogens is 584 g/mol. The SMILES string of the molecule is COc1cc(Cc2c(-c3ccc(OCCN4CCCC4)c(C(=O)O)c3)sc3cc(OC(C)C)ccc23)ccc1CN1CCCC1. The Hall–Kier alpha value is -3.59. The van der Waals surface area contributed by atoms with Gasteiger partial charge in [-0.05, 0) is 137 Å². The molecule has 45 heavy (non-hydrogen) atoms. The van der Waals surface area contributed by atoms with E-state index in [9.17, 15) is 9.90 Å². The van der Waals surface area contributed by atoms with Gasteiger partial charge in [0.25, 0.3) is 0 Å². The second kappa shape index (κ2) is 14.2. The summed E-state index contributed by atoms with van der Waals surface area (Å²) in [6, 6.07) is 18.4. The van der Waals surface area contributed by atoms with Crippen molar-refractivity contribution in [1.82, 2.24) is 9.80 Å². The third-order valence-corrected chi connectivity index (χ3v) is 10.0. The molecular formula is C37H44N2O5S. The molecule has 0 amide bonds. The zero-order valence-corrected chi connectivity index (χ0v) is 27.5. The normalized spacial score (nSPS) is 15.7. The summed E-state index contributed by atoms with van der Waals surface area (Å²) in [4.78, 5) is 18.3. The minimum atomic E-state index is -0.985. The molecule has 1 N–H and O–H groups in total. The summed E-state index contributed by atoms with van der Waals surface area (Å²) < 4.78 is 19.0. The molecule has 4 aromatic rings. The molecule has 2 aliphatic heterocycles. The second-order valence-corrected chi connectivity index (χ2v) is 13.5. The van der Waals surface area contributed by atoms with Crippen LogP contribution >= 0.6 is 11.3 Å². The first-order chi connectivity index (χ1) is 21.9. The molecule has 0 unspecified atom stereocenters. The fourth-order valence-electron chi connectivity index (χ4n) is 6.55. The molecule has 0 saturated carbocycles. The van der Waals surface area contributed by atoms with Gasteiger partial charge in [0, 0.05) is 28.2 Å². The van der Waals surface area contributed by atoms with Gasteiger partial charge in [-0.1, -0.05) is 12.1 Å². The minimum absolute atomic E-state index is 0.0732. The van der Waals surface area contributed by atoms with Gasteiger partial charge in [0.15, 0.2) is 0 Å². The quantitative estimate of drug-likeness (QED) is 0.163. The first-order valence-electron chi connectivity index (χ1n) is 16.2. The van der Waals surface area contributed by atoms with Crippen molar-refractivity contribution in [2.45, 2.75) is 58.6 Å². The summed E-state index contributed by atoms with van der Waals surface area (Å²) in [5.41, 5.74) is 4.59. The largest absolute Gasteiger partial charge is 0.496 e. The predicted molar refractivity (Wildman–Crippen MR) is 181 cm³/mol. The summed E-state index contributed by atoms with van der Waals surface area (Å²) in [7, 11) is 1.75. The molecule has 2 fully saturated rings. The highest BCUT2D eigenvalue weighted by Crippen LogP contribution is 2.43. The lowest BCUT2D eigenvalue weighted by Gasteiger charge is -2.18. The van der Waals surface area contributed by atoms with Gasteiger partial charge in [-0.15, -0.1) is 11.3 Å². The highest BCUT2D eigenvalue weighted by molar-refractivity contribution is 7.22. The van der Waals surface area contributed by atoms with E-state index in [-0.39, 0.29) is 11.7 Å². The molecule has 1 aromatic heterocycles. The number of rotatable bonds is 13. The van der Waals surface area contributed by atoms with Crippen LogP contribution in [0.2, 0.25) is 0 Å². The van der Waals surface area contributed by atoms with E-state index in [1.807, 2.05) is 32.0 Å². The number of carbonyl (C=O) groups is 1. The van der Waals surface area contributed by atoms with Crippen LogP contribution in [-0.2, 0) is 13.0 Å². The lowest BCUT2D eigenvalue weighted by Crippen LogP contribution is -2.25. The molecule has 2 aliphatic rings. The lowest BCUT2D eigenvalue weighted by molar-refractivity contribution is 0.0691. The molecule has 6 rings (SSSR count). The third-order valence-electron chi connectivity index (χ3n) is 8.80. The molecule has 2 saturated heterocycles. The van der Waals surface area contributed by atoms with E-state index < -0.39 is 5.97 Å². The number of thiophene rings is 1.